The third-order valence-corrected chi connectivity index (χ3v) is 3.79. The molecule has 0 amide bonds. The van der Waals surface area contributed by atoms with Gasteiger partial charge < -0.3 is 15.8 Å². The first-order valence-electron chi connectivity index (χ1n) is 8.13. The average Bonchev–Trinajstić information content (AvgIpc) is 3.36. The molecule has 1 saturated carbocycles. The molecule has 0 unspecified atom stereocenters. The number of carbonyl (C=O) groups excluding carboxylic acids is 1. The Bertz CT molecular complexity index is 586. The Hall–Kier alpha value is -1.38. The predicted octanol–water partition coefficient (Wildman–Crippen LogP) is 2.81. The lowest BCUT2D eigenvalue weighted by molar-refractivity contribution is 0.0598. The van der Waals surface area contributed by atoms with Gasteiger partial charge in [0.1, 0.15) is 0 Å². The van der Waals surface area contributed by atoms with Gasteiger partial charge in [-0.3, -0.25) is 4.98 Å². The number of rotatable bonds is 7. The minimum Gasteiger partial charge on any atom is -0.465 e. The molecule has 0 aromatic carbocycles. The van der Waals surface area contributed by atoms with Crippen molar-refractivity contribution in [2.45, 2.75) is 45.6 Å². The van der Waals surface area contributed by atoms with E-state index in [4.69, 9.17) is 10.5 Å². The Morgan fingerprint density at radius 2 is 2.17 bits per heavy atom. The molecule has 0 saturated heterocycles. The second-order valence-electron chi connectivity index (χ2n) is 6.31. The summed E-state index contributed by atoms with van der Waals surface area (Å²) in [5.41, 5.74) is 8.06. The molecule has 0 bridgehead atoms. The Morgan fingerprint density at radius 1 is 1.46 bits per heavy atom. The second kappa shape index (κ2) is 9.80. The molecule has 1 aromatic heterocycles. The van der Waals surface area contributed by atoms with Crippen LogP contribution in [0, 0.1) is 5.92 Å². The number of carbonyl (C=O) groups is 1. The number of pyridine rings is 1. The standard InChI is InChI=1S/C17H26N4O2.HI/c1-11(2)8-9-19-17(18)20-10-13-6-7-14(16(22)23-3)15(21-13)12-4-5-12;/h6-7,11-12H,4-5,8-10H2,1-3H3,(H3,18,19,20);1H. The maximum absolute atomic E-state index is 11.8. The largest absolute Gasteiger partial charge is 0.465 e. The van der Waals surface area contributed by atoms with Crippen molar-refractivity contribution in [3.05, 3.63) is 29.1 Å². The van der Waals surface area contributed by atoms with Gasteiger partial charge in [0.25, 0.3) is 0 Å². The van der Waals surface area contributed by atoms with E-state index in [0.29, 0.717) is 29.9 Å². The molecule has 2 rings (SSSR count). The van der Waals surface area contributed by atoms with Crippen LogP contribution in [0.4, 0.5) is 0 Å². The quantitative estimate of drug-likeness (QED) is 0.291. The molecule has 1 aliphatic rings. The number of ether oxygens (including phenoxy) is 1. The van der Waals surface area contributed by atoms with Crippen LogP contribution in [0.2, 0.25) is 0 Å². The van der Waals surface area contributed by atoms with E-state index in [9.17, 15) is 4.79 Å². The van der Waals surface area contributed by atoms with Crippen molar-refractivity contribution in [1.29, 1.82) is 0 Å². The third kappa shape index (κ3) is 6.26. The topological polar surface area (TPSA) is 89.6 Å². The summed E-state index contributed by atoms with van der Waals surface area (Å²) < 4.78 is 4.82. The lowest BCUT2D eigenvalue weighted by atomic mass is 10.1. The monoisotopic (exact) mass is 446 g/mol. The number of guanidine groups is 1. The highest BCUT2D eigenvalue weighted by molar-refractivity contribution is 14.0. The van der Waals surface area contributed by atoms with Crippen molar-refractivity contribution < 1.29 is 9.53 Å². The first-order valence-corrected chi connectivity index (χ1v) is 8.13. The molecule has 0 spiro atoms. The molecule has 7 heteroatoms. The maximum Gasteiger partial charge on any atom is 0.339 e. The smallest absolute Gasteiger partial charge is 0.339 e. The number of nitrogens with one attached hydrogen (secondary N) is 1. The number of nitrogens with two attached hydrogens (primary N) is 1. The molecule has 0 radical (unpaired) electrons. The van der Waals surface area contributed by atoms with E-state index in [2.05, 4.69) is 29.1 Å². The van der Waals surface area contributed by atoms with E-state index in [-0.39, 0.29) is 29.9 Å². The van der Waals surface area contributed by atoms with Crippen molar-refractivity contribution in [2.24, 2.45) is 16.6 Å². The molecule has 1 fully saturated rings. The number of aliphatic imine (C=N–C) groups is 1. The summed E-state index contributed by atoms with van der Waals surface area (Å²) in [6, 6.07) is 3.59. The summed E-state index contributed by atoms with van der Waals surface area (Å²) in [4.78, 5) is 20.7. The first kappa shape index (κ1) is 20.7. The summed E-state index contributed by atoms with van der Waals surface area (Å²) in [5.74, 6) is 1.10. The van der Waals surface area contributed by atoms with Gasteiger partial charge in [-0.2, -0.15) is 0 Å². The van der Waals surface area contributed by atoms with E-state index < -0.39 is 0 Å². The minimum atomic E-state index is -0.329. The summed E-state index contributed by atoms with van der Waals surface area (Å²) in [5, 5.41) is 3.10. The predicted molar refractivity (Wildman–Crippen MR) is 106 cm³/mol. The summed E-state index contributed by atoms with van der Waals surface area (Å²) in [7, 11) is 1.39. The highest BCUT2D eigenvalue weighted by atomic mass is 127. The van der Waals surface area contributed by atoms with Crippen LogP contribution >= 0.6 is 24.0 Å². The number of aromatic nitrogens is 1. The van der Waals surface area contributed by atoms with Crippen LogP contribution in [-0.2, 0) is 11.3 Å². The number of hydrogen-bond donors (Lipinski definition) is 2. The highest BCUT2D eigenvalue weighted by Gasteiger charge is 2.30. The van der Waals surface area contributed by atoms with Gasteiger partial charge in [-0.15, -0.1) is 24.0 Å². The van der Waals surface area contributed by atoms with Crippen molar-refractivity contribution >= 4 is 35.9 Å². The van der Waals surface area contributed by atoms with E-state index in [0.717, 1.165) is 37.2 Å². The van der Waals surface area contributed by atoms with E-state index in [1.165, 1.54) is 7.11 Å². The molecule has 0 atom stereocenters. The van der Waals surface area contributed by atoms with Gasteiger partial charge in [0.15, 0.2) is 5.96 Å². The fourth-order valence-electron chi connectivity index (χ4n) is 2.27. The molecule has 24 heavy (non-hydrogen) atoms. The molecule has 1 aliphatic carbocycles. The van der Waals surface area contributed by atoms with Crippen LogP contribution in [0.5, 0.6) is 0 Å². The molecule has 3 N–H and O–H groups in total. The maximum atomic E-state index is 11.8. The summed E-state index contributed by atoms with van der Waals surface area (Å²) >= 11 is 0. The van der Waals surface area contributed by atoms with Crippen LogP contribution < -0.4 is 11.1 Å². The molecular weight excluding hydrogens is 419 g/mol. The number of nitrogens with zero attached hydrogens (tertiary/aromatic N) is 2. The number of hydrogen-bond acceptors (Lipinski definition) is 4. The van der Waals surface area contributed by atoms with E-state index in [1.54, 1.807) is 6.07 Å². The van der Waals surface area contributed by atoms with E-state index >= 15 is 0 Å². The number of methoxy groups -OCH3 is 1. The molecule has 1 aromatic rings. The number of esters is 1. The molecule has 1 heterocycles. The molecule has 0 aliphatic heterocycles. The highest BCUT2D eigenvalue weighted by Crippen LogP contribution is 2.40. The van der Waals surface area contributed by atoms with Gasteiger partial charge in [-0.25, -0.2) is 9.79 Å². The van der Waals surface area contributed by atoms with Gasteiger partial charge in [0, 0.05) is 12.5 Å². The van der Waals surface area contributed by atoms with Crippen LogP contribution in [0.25, 0.3) is 0 Å². The third-order valence-electron chi connectivity index (χ3n) is 3.79. The normalized spacial score (nSPS) is 14.2. The lowest BCUT2D eigenvalue weighted by Crippen LogP contribution is -2.32. The fraction of sp³-hybridized carbons (Fsp3) is 0.588. The molecule has 134 valence electrons. The van der Waals surface area contributed by atoms with Gasteiger partial charge >= 0.3 is 5.97 Å². The van der Waals surface area contributed by atoms with E-state index in [1.807, 2.05) is 6.07 Å². The number of halogens is 1. The zero-order valence-electron chi connectivity index (χ0n) is 14.5. The summed E-state index contributed by atoms with van der Waals surface area (Å²) in [6.45, 7) is 5.55. The lowest BCUT2D eigenvalue weighted by Gasteiger charge is -2.09. The Balaban J connectivity index is 0.00000288. The van der Waals surface area contributed by atoms with Crippen molar-refractivity contribution in [3.8, 4) is 0 Å². The SMILES string of the molecule is COC(=O)c1ccc(CN=C(N)NCCC(C)C)nc1C1CC1.I. The van der Waals surface area contributed by atoms with Crippen molar-refractivity contribution in [2.75, 3.05) is 13.7 Å². The molecule has 6 nitrogen and oxygen atoms in total. The minimum absolute atomic E-state index is 0. The van der Waals surface area contributed by atoms with Gasteiger partial charge in [-0.1, -0.05) is 13.8 Å². The van der Waals surface area contributed by atoms with Crippen LogP contribution in [0.3, 0.4) is 0 Å². The van der Waals surface area contributed by atoms with Crippen LogP contribution in [0.15, 0.2) is 17.1 Å². The Morgan fingerprint density at radius 3 is 2.75 bits per heavy atom. The zero-order chi connectivity index (χ0) is 16.8. The fourth-order valence-corrected chi connectivity index (χ4v) is 2.27. The van der Waals surface area contributed by atoms with Crippen molar-refractivity contribution in [3.63, 3.8) is 0 Å². The molecular formula is C17H27IN4O2. The zero-order valence-corrected chi connectivity index (χ0v) is 16.9. The Kier molecular flexibility index (Phi) is 8.44. The van der Waals surface area contributed by atoms with Gasteiger partial charge in [0.2, 0.25) is 0 Å². The van der Waals surface area contributed by atoms with Gasteiger partial charge in [-0.05, 0) is 37.3 Å². The Labute approximate surface area is 160 Å². The summed E-state index contributed by atoms with van der Waals surface area (Å²) in [6.07, 6.45) is 3.19. The van der Waals surface area contributed by atoms with Crippen LogP contribution in [0.1, 0.15) is 60.8 Å². The first-order chi connectivity index (χ1) is 11.0. The second-order valence-corrected chi connectivity index (χ2v) is 6.31. The van der Waals surface area contributed by atoms with Crippen LogP contribution in [-0.4, -0.2) is 30.6 Å². The van der Waals surface area contributed by atoms with Gasteiger partial charge in [0.05, 0.1) is 30.6 Å². The van der Waals surface area contributed by atoms with Crippen molar-refractivity contribution in [1.82, 2.24) is 10.3 Å². The average molecular weight is 446 g/mol.